The van der Waals surface area contributed by atoms with Gasteiger partial charge in [0.15, 0.2) is 0 Å². The number of hydrogen-bond acceptors (Lipinski definition) is 4. The lowest BCUT2D eigenvalue weighted by Gasteiger charge is -2.12. The summed E-state index contributed by atoms with van der Waals surface area (Å²) in [6.07, 6.45) is 0. The maximum absolute atomic E-state index is 4.07. The van der Waals surface area contributed by atoms with Crippen molar-refractivity contribution in [3.8, 4) is 0 Å². The number of nitrogens with zero attached hydrogens (tertiary/aromatic N) is 4. The number of thioether (sulfide) groups is 1. The summed E-state index contributed by atoms with van der Waals surface area (Å²) < 4.78 is 1.85. The SMILES string of the molecule is CC(Sc1nnnn1C(C)C)c1ccccc1. The fourth-order valence-corrected chi connectivity index (χ4v) is 2.59. The molecule has 1 unspecified atom stereocenters. The van der Waals surface area contributed by atoms with Gasteiger partial charge in [-0.3, -0.25) is 0 Å². The van der Waals surface area contributed by atoms with E-state index in [2.05, 4.69) is 60.6 Å². The molecule has 1 heterocycles. The van der Waals surface area contributed by atoms with Crippen LogP contribution in [-0.4, -0.2) is 20.2 Å². The van der Waals surface area contributed by atoms with Crippen LogP contribution in [0.2, 0.25) is 0 Å². The second-order valence-electron chi connectivity index (χ2n) is 4.17. The molecule has 0 amide bonds. The highest BCUT2D eigenvalue weighted by Gasteiger charge is 2.14. The highest BCUT2D eigenvalue weighted by Crippen LogP contribution is 2.33. The smallest absolute Gasteiger partial charge is 0.210 e. The summed E-state index contributed by atoms with van der Waals surface area (Å²) in [6, 6.07) is 10.7. The summed E-state index contributed by atoms with van der Waals surface area (Å²) in [5.41, 5.74) is 1.29. The van der Waals surface area contributed by atoms with E-state index in [1.807, 2.05) is 10.7 Å². The molecule has 2 rings (SSSR count). The van der Waals surface area contributed by atoms with E-state index in [1.54, 1.807) is 11.8 Å². The van der Waals surface area contributed by atoms with Crippen LogP contribution in [0.5, 0.6) is 0 Å². The Bertz CT molecular complexity index is 466. The zero-order chi connectivity index (χ0) is 12.3. The molecule has 5 heteroatoms. The van der Waals surface area contributed by atoms with Crippen molar-refractivity contribution in [3.05, 3.63) is 35.9 Å². The van der Waals surface area contributed by atoms with Gasteiger partial charge in [0.2, 0.25) is 5.16 Å². The third-order valence-corrected chi connectivity index (χ3v) is 3.61. The van der Waals surface area contributed by atoms with E-state index in [9.17, 15) is 0 Å². The third kappa shape index (κ3) is 2.85. The molecule has 0 aliphatic heterocycles. The van der Waals surface area contributed by atoms with Crippen LogP contribution < -0.4 is 0 Å². The minimum Gasteiger partial charge on any atom is -0.218 e. The summed E-state index contributed by atoms with van der Waals surface area (Å²) in [6.45, 7) is 6.32. The van der Waals surface area contributed by atoms with Gasteiger partial charge >= 0.3 is 0 Å². The van der Waals surface area contributed by atoms with Crippen LogP contribution in [0, 0.1) is 0 Å². The van der Waals surface area contributed by atoms with E-state index in [0.717, 1.165) is 5.16 Å². The van der Waals surface area contributed by atoms with Gasteiger partial charge in [-0.05, 0) is 36.8 Å². The monoisotopic (exact) mass is 248 g/mol. The largest absolute Gasteiger partial charge is 0.218 e. The van der Waals surface area contributed by atoms with E-state index in [4.69, 9.17) is 0 Å². The van der Waals surface area contributed by atoms with Crippen molar-refractivity contribution in [3.63, 3.8) is 0 Å². The first-order valence-corrected chi connectivity index (χ1v) is 6.56. The maximum atomic E-state index is 4.07. The minimum absolute atomic E-state index is 0.287. The van der Waals surface area contributed by atoms with Gasteiger partial charge in [0, 0.05) is 5.25 Å². The number of benzene rings is 1. The molecule has 0 aliphatic rings. The Morgan fingerprint density at radius 2 is 1.82 bits per heavy atom. The Kier molecular flexibility index (Phi) is 3.78. The topological polar surface area (TPSA) is 43.6 Å². The zero-order valence-electron chi connectivity index (χ0n) is 10.2. The van der Waals surface area contributed by atoms with Crippen LogP contribution in [0.4, 0.5) is 0 Å². The number of rotatable bonds is 4. The zero-order valence-corrected chi connectivity index (χ0v) is 11.1. The molecule has 0 saturated carbocycles. The van der Waals surface area contributed by atoms with Gasteiger partial charge in [0.1, 0.15) is 0 Å². The lowest BCUT2D eigenvalue weighted by atomic mass is 10.2. The Morgan fingerprint density at radius 1 is 1.12 bits per heavy atom. The molecular weight excluding hydrogens is 232 g/mol. The number of tetrazole rings is 1. The number of aromatic nitrogens is 4. The first kappa shape index (κ1) is 12.1. The standard InChI is InChI=1S/C12H16N4S/c1-9(2)16-12(13-14-15-16)17-10(3)11-7-5-4-6-8-11/h4-10H,1-3H3. The van der Waals surface area contributed by atoms with Crippen molar-refractivity contribution in [1.82, 2.24) is 20.2 Å². The molecule has 0 radical (unpaired) electrons. The van der Waals surface area contributed by atoms with Gasteiger partial charge in [-0.2, -0.15) is 0 Å². The summed E-state index contributed by atoms with van der Waals surface area (Å²) >= 11 is 1.69. The molecule has 17 heavy (non-hydrogen) atoms. The lowest BCUT2D eigenvalue weighted by Crippen LogP contribution is -2.05. The Balaban J connectivity index is 2.13. The molecule has 2 aromatic rings. The van der Waals surface area contributed by atoms with E-state index >= 15 is 0 Å². The van der Waals surface area contributed by atoms with Crippen LogP contribution in [0.15, 0.2) is 35.5 Å². The maximum Gasteiger partial charge on any atom is 0.210 e. The van der Waals surface area contributed by atoms with Crippen molar-refractivity contribution in [2.24, 2.45) is 0 Å². The third-order valence-electron chi connectivity index (χ3n) is 2.50. The van der Waals surface area contributed by atoms with Crippen LogP contribution in [-0.2, 0) is 0 Å². The molecule has 0 bridgehead atoms. The molecule has 1 atom stereocenters. The summed E-state index contributed by atoms with van der Waals surface area (Å²) in [4.78, 5) is 0. The summed E-state index contributed by atoms with van der Waals surface area (Å²) in [5, 5.41) is 13.0. The fourth-order valence-electron chi connectivity index (χ4n) is 1.54. The Labute approximate surface area is 105 Å². The second kappa shape index (κ2) is 5.31. The summed E-state index contributed by atoms with van der Waals surface area (Å²) in [7, 11) is 0. The predicted molar refractivity (Wildman–Crippen MR) is 68.9 cm³/mol. The molecule has 90 valence electrons. The van der Waals surface area contributed by atoms with Crippen LogP contribution in [0.25, 0.3) is 0 Å². The molecule has 0 aliphatic carbocycles. The highest BCUT2D eigenvalue weighted by atomic mass is 32.2. The van der Waals surface area contributed by atoms with Gasteiger partial charge in [-0.25, -0.2) is 4.68 Å². The van der Waals surface area contributed by atoms with Gasteiger partial charge < -0.3 is 0 Å². The van der Waals surface area contributed by atoms with E-state index in [0.29, 0.717) is 5.25 Å². The molecule has 0 spiro atoms. The van der Waals surface area contributed by atoms with Crippen molar-refractivity contribution in [1.29, 1.82) is 0 Å². The van der Waals surface area contributed by atoms with Gasteiger partial charge in [-0.15, -0.1) is 5.10 Å². The van der Waals surface area contributed by atoms with E-state index in [1.165, 1.54) is 5.56 Å². The molecule has 4 nitrogen and oxygen atoms in total. The average Bonchev–Trinajstić information content (AvgIpc) is 2.78. The van der Waals surface area contributed by atoms with Gasteiger partial charge in [0.05, 0.1) is 6.04 Å². The first-order valence-electron chi connectivity index (χ1n) is 5.68. The van der Waals surface area contributed by atoms with E-state index in [-0.39, 0.29) is 6.04 Å². The van der Waals surface area contributed by atoms with Crippen molar-refractivity contribution >= 4 is 11.8 Å². The Hall–Kier alpha value is -1.36. The van der Waals surface area contributed by atoms with Crippen LogP contribution in [0.1, 0.15) is 37.6 Å². The predicted octanol–water partition coefficient (Wildman–Crippen LogP) is 3.11. The fraction of sp³-hybridized carbons (Fsp3) is 0.417. The second-order valence-corrected chi connectivity index (χ2v) is 5.48. The normalized spacial score (nSPS) is 12.9. The molecule has 1 aromatic heterocycles. The Morgan fingerprint density at radius 3 is 2.47 bits per heavy atom. The average molecular weight is 248 g/mol. The van der Waals surface area contributed by atoms with Crippen LogP contribution in [0.3, 0.4) is 0 Å². The summed E-state index contributed by atoms with van der Waals surface area (Å²) in [5.74, 6) is 0. The molecular formula is C12H16N4S. The van der Waals surface area contributed by atoms with Crippen molar-refractivity contribution in [2.75, 3.05) is 0 Å². The van der Waals surface area contributed by atoms with Gasteiger partial charge in [-0.1, -0.05) is 42.1 Å². The minimum atomic E-state index is 0.287. The number of hydrogen-bond donors (Lipinski definition) is 0. The van der Waals surface area contributed by atoms with Crippen molar-refractivity contribution in [2.45, 2.75) is 37.2 Å². The molecule has 0 saturated heterocycles. The van der Waals surface area contributed by atoms with Crippen molar-refractivity contribution < 1.29 is 0 Å². The molecule has 0 N–H and O–H groups in total. The first-order chi connectivity index (χ1) is 8.18. The van der Waals surface area contributed by atoms with E-state index < -0.39 is 0 Å². The molecule has 1 aromatic carbocycles. The quantitative estimate of drug-likeness (QED) is 0.780. The lowest BCUT2D eigenvalue weighted by molar-refractivity contribution is 0.477. The van der Waals surface area contributed by atoms with Crippen LogP contribution >= 0.6 is 11.8 Å². The molecule has 0 fully saturated rings. The van der Waals surface area contributed by atoms with Gasteiger partial charge in [0.25, 0.3) is 0 Å². The highest BCUT2D eigenvalue weighted by molar-refractivity contribution is 7.99.